The predicted molar refractivity (Wildman–Crippen MR) is 173 cm³/mol. The van der Waals surface area contributed by atoms with Crippen molar-refractivity contribution in [3.8, 4) is 23.0 Å². The maximum absolute atomic E-state index is 13.0. The number of ether oxygens (including phenoxy) is 8. The molecular weight excluding hydrogens is 696 g/mol. The Morgan fingerprint density at radius 1 is 0.769 bits per heavy atom. The van der Waals surface area contributed by atoms with E-state index in [-0.39, 0.29) is 23.0 Å². The Morgan fingerprint density at radius 2 is 1.33 bits per heavy atom. The quantitative estimate of drug-likeness (QED) is 0.0706. The number of carbonyl (C=O) groups excluding carboxylic acids is 3. The van der Waals surface area contributed by atoms with Crippen molar-refractivity contribution in [2.45, 2.75) is 61.7 Å². The highest BCUT2D eigenvalue weighted by atomic mass is 16.8. The highest BCUT2D eigenvalue weighted by Gasteiger charge is 2.61. The molecule has 9 atom stereocenters. The number of phenolic OH excluding ortho intramolecular Hbond substituents is 2. The van der Waals surface area contributed by atoms with E-state index in [2.05, 4.69) is 0 Å². The van der Waals surface area contributed by atoms with Gasteiger partial charge in [0.05, 0.1) is 14.2 Å². The second-order valence-electron chi connectivity index (χ2n) is 11.6. The van der Waals surface area contributed by atoms with Gasteiger partial charge in [-0.1, -0.05) is 12.1 Å². The fourth-order valence-electron chi connectivity index (χ4n) is 5.25. The largest absolute Gasteiger partial charge is 0.504 e. The van der Waals surface area contributed by atoms with Gasteiger partial charge < -0.3 is 73.6 Å². The Morgan fingerprint density at radius 3 is 1.87 bits per heavy atom. The van der Waals surface area contributed by atoms with E-state index >= 15 is 0 Å². The summed E-state index contributed by atoms with van der Waals surface area (Å²) >= 11 is 0. The zero-order valence-electron chi connectivity index (χ0n) is 28.1. The summed E-state index contributed by atoms with van der Waals surface area (Å²) in [7, 11) is 2.68. The van der Waals surface area contributed by atoms with Crippen LogP contribution < -0.4 is 9.47 Å². The lowest BCUT2D eigenvalue weighted by molar-refractivity contribution is -0.383. The first-order chi connectivity index (χ1) is 24.7. The molecular formula is C34H40O18. The Labute approximate surface area is 296 Å². The van der Waals surface area contributed by atoms with E-state index in [0.717, 1.165) is 19.1 Å². The van der Waals surface area contributed by atoms with Crippen LogP contribution in [0.15, 0.2) is 48.6 Å². The van der Waals surface area contributed by atoms with Crippen molar-refractivity contribution in [3.63, 3.8) is 0 Å². The highest BCUT2D eigenvalue weighted by molar-refractivity contribution is 5.88. The van der Waals surface area contributed by atoms with Crippen LogP contribution >= 0.6 is 0 Å². The van der Waals surface area contributed by atoms with Crippen molar-refractivity contribution in [3.05, 3.63) is 59.7 Å². The summed E-state index contributed by atoms with van der Waals surface area (Å²) in [4.78, 5) is 37.0. The minimum absolute atomic E-state index is 0.114. The van der Waals surface area contributed by atoms with Gasteiger partial charge in [-0.2, -0.15) is 0 Å². The number of hydrogen-bond acceptors (Lipinski definition) is 18. The zero-order chi connectivity index (χ0) is 38.2. The van der Waals surface area contributed by atoms with Gasteiger partial charge >= 0.3 is 17.9 Å². The smallest absolute Gasteiger partial charge is 0.331 e. The number of aliphatic hydroxyl groups is 5. The molecule has 2 aromatic carbocycles. The molecule has 18 heteroatoms. The van der Waals surface area contributed by atoms with Gasteiger partial charge in [-0.25, -0.2) is 9.59 Å². The van der Waals surface area contributed by atoms with Crippen LogP contribution in [0.4, 0.5) is 0 Å². The first-order valence-electron chi connectivity index (χ1n) is 15.7. The number of carbonyl (C=O) groups is 3. The molecule has 4 rings (SSSR count). The molecule has 52 heavy (non-hydrogen) atoms. The average molecular weight is 737 g/mol. The third kappa shape index (κ3) is 9.55. The van der Waals surface area contributed by atoms with Gasteiger partial charge in [0.1, 0.15) is 56.4 Å². The van der Waals surface area contributed by atoms with Crippen molar-refractivity contribution in [1.29, 1.82) is 0 Å². The summed E-state index contributed by atoms with van der Waals surface area (Å²) in [5.74, 6) is -5.30. The molecule has 0 bridgehead atoms. The monoisotopic (exact) mass is 736 g/mol. The summed E-state index contributed by atoms with van der Waals surface area (Å²) < 4.78 is 42.7. The van der Waals surface area contributed by atoms with E-state index in [1.54, 1.807) is 0 Å². The van der Waals surface area contributed by atoms with Crippen LogP contribution in [0, 0.1) is 0 Å². The second kappa shape index (κ2) is 17.6. The molecule has 0 saturated carbocycles. The molecule has 2 aliphatic heterocycles. The van der Waals surface area contributed by atoms with Crippen molar-refractivity contribution in [2.75, 3.05) is 34.0 Å². The van der Waals surface area contributed by atoms with Gasteiger partial charge in [0.25, 0.3) is 0 Å². The molecule has 2 fully saturated rings. The number of hydrogen-bond donors (Lipinski definition) is 7. The lowest BCUT2D eigenvalue weighted by atomic mass is 9.99. The summed E-state index contributed by atoms with van der Waals surface area (Å²) in [5.41, 5.74) is 0.862. The van der Waals surface area contributed by atoms with Crippen molar-refractivity contribution < 1.29 is 88.0 Å². The Balaban J connectivity index is 1.56. The maximum atomic E-state index is 13.0. The fraction of sp³-hybridized carbons (Fsp3) is 0.441. The predicted octanol–water partition coefficient (Wildman–Crippen LogP) is -0.868. The van der Waals surface area contributed by atoms with Gasteiger partial charge in [-0.3, -0.25) is 4.79 Å². The number of phenols is 2. The van der Waals surface area contributed by atoms with Crippen LogP contribution in [0.3, 0.4) is 0 Å². The van der Waals surface area contributed by atoms with E-state index in [4.69, 9.17) is 37.9 Å². The van der Waals surface area contributed by atoms with E-state index in [1.807, 2.05) is 0 Å². The Bertz CT molecular complexity index is 1630. The van der Waals surface area contributed by atoms with E-state index in [1.165, 1.54) is 62.8 Å². The molecule has 0 spiro atoms. The van der Waals surface area contributed by atoms with Gasteiger partial charge in [-0.05, 0) is 47.5 Å². The molecule has 18 nitrogen and oxygen atoms in total. The Kier molecular flexibility index (Phi) is 13.6. The number of aromatic hydroxyl groups is 2. The van der Waals surface area contributed by atoms with E-state index < -0.39 is 92.5 Å². The minimum Gasteiger partial charge on any atom is -0.504 e. The second-order valence-corrected chi connectivity index (χ2v) is 11.6. The van der Waals surface area contributed by atoms with Gasteiger partial charge in [0, 0.05) is 19.1 Å². The number of methoxy groups -OCH3 is 2. The van der Waals surface area contributed by atoms with Gasteiger partial charge in [-0.15, -0.1) is 0 Å². The lowest BCUT2D eigenvalue weighted by Gasteiger charge is -2.43. The standard InChI is InChI=1S/C34H40O18/c1-17(36)47-14-24-28(41)30(43)31(44)33(49-24)52-34(16-35)32(50-27(40)11-7-19-5-9-21(38)23(13-19)46-3)29(42)25(51-34)15-48-26(39)10-6-18-4-8-20(37)22(12-18)45-2/h4-13,24-25,28-33,35,37-38,41-44H,14-16H2,1-3H3/t24-,25-,28-,29-,30+,31-,32+,33-,34+/m1/s1. The average Bonchev–Trinajstić information content (AvgIpc) is 3.38. The molecule has 0 aromatic heterocycles. The summed E-state index contributed by atoms with van der Waals surface area (Å²) in [5, 5.41) is 73.1. The van der Waals surface area contributed by atoms with Gasteiger partial charge in [0.2, 0.25) is 5.79 Å². The van der Waals surface area contributed by atoms with Crippen molar-refractivity contribution in [1.82, 2.24) is 0 Å². The molecule has 0 amide bonds. The van der Waals surface area contributed by atoms with Crippen LogP contribution in [-0.4, -0.2) is 142 Å². The molecule has 284 valence electrons. The van der Waals surface area contributed by atoms with Crippen molar-refractivity contribution in [2.24, 2.45) is 0 Å². The summed E-state index contributed by atoms with van der Waals surface area (Å²) in [6, 6.07) is 8.50. The normalized spacial score (nSPS) is 28.8. The van der Waals surface area contributed by atoms with Crippen LogP contribution in [0.2, 0.25) is 0 Å². The third-order valence-corrected chi connectivity index (χ3v) is 8.00. The fourth-order valence-corrected chi connectivity index (χ4v) is 5.25. The SMILES string of the molecule is COc1cc(C=CC(=O)OC[C@H]2O[C@@](CO)(O[C@H]3O[C@H](COC(C)=O)[C@@H](O)[C@H](O)[C@H]3O)[C@@H](OC(=O)C=Cc3ccc(O)c(OC)c3)[C@@H]2O)ccc1O. The number of rotatable bonds is 14. The molecule has 0 radical (unpaired) electrons. The summed E-state index contributed by atoms with van der Waals surface area (Å²) in [6.45, 7) is -1.35. The van der Waals surface area contributed by atoms with Crippen molar-refractivity contribution >= 4 is 30.1 Å². The van der Waals surface area contributed by atoms with E-state index in [9.17, 15) is 50.1 Å². The van der Waals surface area contributed by atoms with Crippen LogP contribution in [-0.2, 0) is 42.8 Å². The molecule has 0 unspecified atom stereocenters. The number of aliphatic hydroxyl groups excluding tert-OH is 5. The first kappa shape index (κ1) is 40.0. The summed E-state index contributed by atoms with van der Waals surface area (Å²) in [6.07, 6.45) is -9.75. The molecule has 7 N–H and O–H groups in total. The van der Waals surface area contributed by atoms with Crippen LogP contribution in [0.1, 0.15) is 18.1 Å². The maximum Gasteiger partial charge on any atom is 0.331 e. The third-order valence-electron chi connectivity index (χ3n) is 8.00. The molecule has 2 heterocycles. The first-order valence-corrected chi connectivity index (χ1v) is 15.7. The van der Waals surface area contributed by atoms with Gasteiger partial charge in [0.15, 0.2) is 35.4 Å². The number of benzene rings is 2. The lowest BCUT2D eigenvalue weighted by Crippen LogP contribution is -2.63. The molecule has 0 aliphatic carbocycles. The van der Waals surface area contributed by atoms with Crippen LogP contribution in [0.5, 0.6) is 23.0 Å². The topological polar surface area (TPSA) is 267 Å². The van der Waals surface area contributed by atoms with E-state index in [0.29, 0.717) is 11.1 Å². The zero-order valence-corrected chi connectivity index (χ0v) is 28.1. The number of esters is 3. The minimum atomic E-state index is -2.54. The molecule has 2 aliphatic rings. The van der Waals surface area contributed by atoms with Crippen LogP contribution in [0.25, 0.3) is 12.2 Å². The molecule has 2 saturated heterocycles. The molecule has 2 aromatic rings. The highest BCUT2D eigenvalue weighted by Crippen LogP contribution is 2.38. The Hall–Kier alpha value is -4.79.